The van der Waals surface area contributed by atoms with Crippen molar-refractivity contribution in [3.05, 3.63) is 51.2 Å². The van der Waals surface area contributed by atoms with Crippen molar-refractivity contribution in [2.45, 2.75) is 26.4 Å². The number of benzene rings is 1. The average molecular weight is 533 g/mol. The second-order valence-electron chi connectivity index (χ2n) is 6.77. The number of halogens is 2. The van der Waals surface area contributed by atoms with Gasteiger partial charge >= 0.3 is 0 Å². The Morgan fingerprint density at radius 3 is 2.52 bits per heavy atom. The Hall–Kier alpha value is -1.30. The number of nitrogens with one attached hydrogen (secondary N) is 2. The zero-order chi connectivity index (χ0) is 19.9. The Morgan fingerprint density at radius 1 is 1.24 bits per heavy atom. The molecule has 1 unspecified atom stereocenters. The van der Waals surface area contributed by atoms with Crippen LogP contribution in [0.25, 0.3) is 0 Å². The maximum absolute atomic E-state index is 13.4. The normalized spacial score (nSPS) is 16.2. The molecule has 0 saturated carbocycles. The van der Waals surface area contributed by atoms with E-state index in [1.165, 1.54) is 17.0 Å². The Kier molecular flexibility index (Phi) is 9.73. The molecule has 0 bridgehead atoms. The van der Waals surface area contributed by atoms with Crippen LogP contribution < -0.4 is 10.6 Å². The zero-order valence-corrected chi connectivity index (χ0v) is 20.2. The van der Waals surface area contributed by atoms with E-state index < -0.39 is 0 Å². The SMILES string of the molecule is CN=C(NCc1nc(C)c(C)s1)NCC(c1ccc(F)cc1)N1CCOCC1.I. The van der Waals surface area contributed by atoms with Crippen molar-refractivity contribution >= 4 is 41.3 Å². The predicted octanol–water partition coefficient (Wildman–Crippen LogP) is 3.26. The molecule has 0 spiro atoms. The first-order valence-corrected chi connectivity index (χ1v) is 10.3. The van der Waals surface area contributed by atoms with Gasteiger partial charge in [0.05, 0.1) is 31.5 Å². The van der Waals surface area contributed by atoms with E-state index in [4.69, 9.17) is 4.74 Å². The van der Waals surface area contributed by atoms with Gasteiger partial charge in [0.1, 0.15) is 10.8 Å². The summed E-state index contributed by atoms with van der Waals surface area (Å²) in [7, 11) is 1.76. The number of nitrogens with zero attached hydrogens (tertiary/aromatic N) is 3. The first-order chi connectivity index (χ1) is 13.6. The largest absolute Gasteiger partial charge is 0.379 e. The molecule has 1 aromatic carbocycles. The summed E-state index contributed by atoms with van der Waals surface area (Å²) >= 11 is 1.70. The predicted molar refractivity (Wildman–Crippen MR) is 127 cm³/mol. The zero-order valence-electron chi connectivity index (χ0n) is 17.1. The summed E-state index contributed by atoms with van der Waals surface area (Å²) in [4.78, 5) is 12.5. The van der Waals surface area contributed by atoms with Gasteiger partial charge in [0, 0.05) is 31.6 Å². The van der Waals surface area contributed by atoms with E-state index in [0.29, 0.717) is 26.3 Å². The number of aliphatic imine (C=N–C) groups is 1. The lowest BCUT2D eigenvalue weighted by molar-refractivity contribution is 0.0170. The third-order valence-electron chi connectivity index (χ3n) is 4.91. The van der Waals surface area contributed by atoms with Gasteiger partial charge < -0.3 is 15.4 Å². The molecule has 6 nitrogen and oxygen atoms in total. The van der Waals surface area contributed by atoms with E-state index >= 15 is 0 Å². The molecule has 1 saturated heterocycles. The second-order valence-corrected chi connectivity index (χ2v) is 8.06. The highest BCUT2D eigenvalue weighted by molar-refractivity contribution is 14.0. The fourth-order valence-electron chi connectivity index (χ4n) is 3.22. The number of rotatable bonds is 6. The van der Waals surface area contributed by atoms with Gasteiger partial charge in [0.15, 0.2) is 5.96 Å². The highest BCUT2D eigenvalue weighted by atomic mass is 127. The van der Waals surface area contributed by atoms with Crippen LogP contribution in [0.1, 0.15) is 27.2 Å². The summed E-state index contributed by atoms with van der Waals surface area (Å²) in [6, 6.07) is 6.86. The Balaban J connectivity index is 0.00000300. The van der Waals surface area contributed by atoms with Gasteiger partial charge in [-0.05, 0) is 31.5 Å². The van der Waals surface area contributed by atoms with Crippen LogP contribution in [0, 0.1) is 19.7 Å². The van der Waals surface area contributed by atoms with Gasteiger partial charge in [-0.2, -0.15) is 0 Å². The number of guanidine groups is 1. The summed E-state index contributed by atoms with van der Waals surface area (Å²) in [5.74, 6) is 0.509. The summed E-state index contributed by atoms with van der Waals surface area (Å²) in [6.45, 7) is 8.55. The molecule has 1 aliphatic heterocycles. The summed E-state index contributed by atoms with van der Waals surface area (Å²) < 4.78 is 18.9. The van der Waals surface area contributed by atoms with Crippen LogP contribution in [-0.2, 0) is 11.3 Å². The first kappa shape index (κ1) is 24.0. The van der Waals surface area contributed by atoms with E-state index in [2.05, 4.69) is 32.4 Å². The smallest absolute Gasteiger partial charge is 0.191 e. The number of aryl methyl sites for hydroxylation is 2. The molecular weight excluding hydrogens is 504 g/mol. The van der Waals surface area contributed by atoms with Gasteiger partial charge in [0.2, 0.25) is 0 Å². The average Bonchev–Trinajstić information content (AvgIpc) is 3.04. The lowest BCUT2D eigenvalue weighted by Gasteiger charge is -2.35. The van der Waals surface area contributed by atoms with Crippen LogP contribution in [0.5, 0.6) is 0 Å². The molecule has 1 fully saturated rings. The Bertz CT molecular complexity index is 773. The number of aromatic nitrogens is 1. The number of thiazole rings is 1. The van der Waals surface area contributed by atoms with Gasteiger partial charge in [-0.15, -0.1) is 35.3 Å². The lowest BCUT2D eigenvalue weighted by Crippen LogP contribution is -2.46. The van der Waals surface area contributed by atoms with Crippen molar-refractivity contribution in [1.29, 1.82) is 0 Å². The molecule has 29 heavy (non-hydrogen) atoms. The second kappa shape index (κ2) is 11.8. The van der Waals surface area contributed by atoms with Crippen LogP contribution >= 0.6 is 35.3 Å². The highest BCUT2D eigenvalue weighted by Gasteiger charge is 2.23. The van der Waals surface area contributed by atoms with Gasteiger partial charge in [0.25, 0.3) is 0 Å². The maximum atomic E-state index is 13.4. The minimum atomic E-state index is -0.219. The van der Waals surface area contributed by atoms with E-state index in [1.807, 2.05) is 19.1 Å². The Labute approximate surface area is 193 Å². The first-order valence-electron chi connectivity index (χ1n) is 9.51. The molecule has 2 heterocycles. The third kappa shape index (κ3) is 6.87. The van der Waals surface area contributed by atoms with Crippen LogP contribution in [0.4, 0.5) is 4.39 Å². The topological polar surface area (TPSA) is 61.8 Å². The Morgan fingerprint density at radius 2 is 1.93 bits per heavy atom. The van der Waals surface area contributed by atoms with Gasteiger partial charge in [-0.3, -0.25) is 9.89 Å². The number of morpholine rings is 1. The molecule has 9 heteroatoms. The lowest BCUT2D eigenvalue weighted by atomic mass is 10.0. The van der Waals surface area contributed by atoms with Crippen molar-refractivity contribution in [2.24, 2.45) is 4.99 Å². The van der Waals surface area contributed by atoms with Crippen LogP contribution in [0.2, 0.25) is 0 Å². The van der Waals surface area contributed by atoms with E-state index in [-0.39, 0.29) is 35.8 Å². The fraction of sp³-hybridized carbons (Fsp3) is 0.500. The molecule has 2 N–H and O–H groups in total. The van der Waals surface area contributed by atoms with Crippen LogP contribution in [-0.4, -0.2) is 55.7 Å². The molecule has 1 atom stereocenters. The van der Waals surface area contributed by atoms with Crippen molar-refractivity contribution in [3.8, 4) is 0 Å². The monoisotopic (exact) mass is 533 g/mol. The molecule has 1 aliphatic rings. The van der Waals surface area contributed by atoms with E-state index in [0.717, 1.165) is 35.3 Å². The minimum Gasteiger partial charge on any atom is -0.379 e. The van der Waals surface area contributed by atoms with Crippen molar-refractivity contribution in [2.75, 3.05) is 39.9 Å². The molecule has 0 amide bonds. The molecule has 0 aliphatic carbocycles. The molecule has 160 valence electrons. The summed E-state index contributed by atoms with van der Waals surface area (Å²) in [5.41, 5.74) is 2.16. The van der Waals surface area contributed by atoms with Crippen molar-refractivity contribution in [3.63, 3.8) is 0 Å². The van der Waals surface area contributed by atoms with Crippen LogP contribution in [0.15, 0.2) is 29.3 Å². The van der Waals surface area contributed by atoms with Gasteiger partial charge in [-0.1, -0.05) is 12.1 Å². The highest BCUT2D eigenvalue weighted by Crippen LogP contribution is 2.22. The summed E-state index contributed by atoms with van der Waals surface area (Å²) in [6.07, 6.45) is 0. The number of hydrogen-bond acceptors (Lipinski definition) is 5. The molecular formula is C20H29FIN5OS. The molecule has 2 aromatic rings. The van der Waals surface area contributed by atoms with Crippen molar-refractivity contribution in [1.82, 2.24) is 20.5 Å². The number of ether oxygens (including phenoxy) is 1. The maximum Gasteiger partial charge on any atom is 0.191 e. The summed E-state index contributed by atoms with van der Waals surface area (Å²) in [5, 5.41) is 7.78. The molecule has 1 aromatic heterocycles. The quantitative estimate of drug-likeness (QED) is 0.339. The van der Waals surface area contributed by atoms with Gasteiger partial charge in [-0.25, -0.2) is 9.37 Å². The minimum absolute atomic E-state index is 0. The van der Waals surface area contributed by atoms with Crippen molar-refractivity contribution < 1.29 is 9.13 Å². The molecule has 3 rings (SSSR count). The molecule has 0 radical (unpaired) electrons. The third-order valence-corrected chi connectivity index (χ3v) is 5.98. The number of hydrogen-bond donors (Lipinski definition) is 2. The fourth-order valence-corrected chi connectivity index (χ4v) is 4.09. The van der Waals surface area contributed by atoms with E-state index in [1.54, 1.807) is 18.4 Å². The van der Waals surface area contributed by atoms with E-state index in [9.17, 15) is 4.39 Å². The standard InChI is InChI=1S/C20H28FN5OS.HI/c1-14-15(2)28-19(25-14)13-24-20(22-3)23-12-18(26-8-10-27-11-9-26)16-4-6-17(21)7-5-16;/h4-7,18H,8-13H2,1-3H3,(H2,22,23,24);1H. The van der Waals surface area contributed by atoms with Crippen LogP contribution in [0.3, 0.4) is 0 Å².